The lowest BCUT2D eigenvalue weighted by atomic mass is 10.0. The molecule has 4 rings (SSSR count). The van der Waals surface area contributed by atoms with Crippen LogP contribution in [0.3, 0.4) is 0 Å². The van der Waals surface area contributed by atoms with E-state index in [1.165, 1.54) is 10.8 Å². The standard InChI is InChI=1S/C20H18N2O/c1-13(2)23-16-9-3-8-15(12-16)20-21-17-10-4-6-14-7-5-11-18(22-20)19(14)17/h3-13H,1-2H3,(H,21,22). The molecule has 0 saturated carbocycles. The Morgan fingerprint density at radius 2 is 1.74 bits per heavy atom. The average Bonchev–Trinajstić information content (AvgIpc) is 2.55. The van der Waals surface area contributed by atoms with Gasteiger partial charge in [-0.25, -0.2) is 4.99 Å². The highest BCUT2D eigenvalue weighted by atomic mass is 16.5. The van der Waals surface area contributed by atoms with Gasteiger partial charge in [-0.1, -0.05) is 36.4 Å². The zero-order chi connectivity index (χ0) is 15.8. The normalized spacial score (nSPS) is 12.9. The second-order valence-electron chi connectivity index (χ2n) is 5.96. The minimum absolute atomic E-state index is 0.154. The molecule has 3 heteroatoms. The lowest BCUT2D eigenvalue weighted by molar-refractivity contribution is 0.242. The molecule has 114 valence electrons. The summed E-state index contributed by atoms with van der Waals surface area (Å²) < 4.78 is 5.79. The van der Waals surface area contributed by atoms with Crippen LogP contribution in [0.15, 0.2) is 65.7 Å². The molecule has 1 heterocycles. The van der Waals surface area contributed by atoms with Crippen molar-refractivity contribution in [2.45, 2.75) is 20.0 Å². The minimum Gasteiger partial charge on any atom is -0.491 e. The van der Waals surface area contributed by atoms with E-state index < -0.39 is 0 Å². The molecular formula is C20H18N2O. The molecule has 0 radical (unpaired) electrons. The maximum Gasteiger partial charge on any atom is 0.138 e. The highest BCUT2D eigenvalue weighted by Crippen LogP contribution is 2.36. The highest BCUT2D eigenvalue weighted by Gasteiger charge is 2.15. The van der Waals surface area contributed by atoms with Crippen LogP contribution in [-0.2, 0) is 0 Å². The van der Waals surface area contributed by atoms with Gasteiger partial charge in [0.1, 0.15) is 11.6 Å². The van der Waals surface area contributed by atoms with E-state index in [1.54, 1.807) is 0 Å². The van der Waals surface area contributed by atoms with Gasteiger partial charge >= 0.3 is 0 Å². The zero-order valence-corrected chi connectivity index (χ0v) is 13.2. The van der Waals surface area contributed by atoms with Crippen molar-refractivity contribution in [3.8, 4) is 5.75 Å². The van der Waals surface area contributed by atoms with Crippen LogP contribution < -0.4 is 10.1 Å². The first-order chi connectivity index (χ1) is 11.2. The fourth-order valence-corrected chi connectivity index (χ4v) is 2.92. The van der Waals surface area contributed by atoms with Gasteiger partial charge in [-0.2, -0.15) is 0 Å². The van der Waals surface area contributed by atoms with Crippen molar-refractivity contribution in [1.29, 1.82) is 0 Å². The van der Waals surface area contributed by atoms with Crippen molar-refractivity contribution < 1.29 is 4.74 Å². The van der Waals surface area contributed by atoms with Gasteiger partial charge in [-0.3, -0.25) is 0 Å². The Hall–Kier alpha value is -2.81. The van der Waals surface area contributed by atoms with E-state index in [0.717, 1.165) is 28.5 Å². The Labute approximate surface area is 135 Å². The molecule has 0 unspecified atom stereocenters. The quantitative estimate of drug-likeness (QED) is 0.727. The summed E-state index contributed by atoms with van der Waals surface area (Å²) in [6, 6.07) is 20.5. The fraction of sp³-hybridized carbons (Fsp3) is 0.150. The third-order valence-electron chi connectivity index (χ3n) is 3.85. The Morgan fingerprint density at radius 1 is 0.957 bits per heavy atom. The van der Waals surface area contributed by atoms with Crippen LogP contribution >= 0.6 is 0 Å². The van der Waals surface area contributed by atoms with Gasteiger partial charge in [-0.05, 0) is 43.5 Å². The topological polar surface area (TPSA) is 33.6 Å². The number of nitrogens with one attached hydrogen (secondary N) is 1. The molecule has 0 fully saturated rings. The van der Waals surface area contributed by atoms with E-state index in [-0.39, 0.29) is 6.10 Å². The second-order valence-corrected chi connectivity index (χ2v) is 5.96. The Bertz CT molecular complexity index is 907. The smallest absolute Gasteiger partial charge is 0.138 e. The number of amidine groups is 1. The van der Waals surface area contributed by atoms with Gasteiger partial charge in [0.15, 0.2) is 0 Å². The van der Waals surface area contributed by atoms with Crippen LogP contribution in [0.1, 0.15) is 19.4 Å². The van der Waals surface area contributed by atoms with Crippen LogP contribution in [0.25, 0.3) is 10.8 Å². The molecule has 0 spiro atoms. The van der Waals surface area contributed by atoms with Crippen LogP contribution in [-0.4, -0.2) is 11.9 Å². The summed E-state index contributed by atoms with van der Waals surface area (Å²) >= 11 is 0. The number of anilines is 1. The maximum atomic E-state index is 5.79. The largest absolute Gasteiger partial charge is 0.491 e. The van der Waals surface area contributed by atoms with Crippen LogP contribution in [0, 0.1) is 0 Å². The molecule has 3 nitrogen and oxygen atoms in total. The number of rotatable bonds is 3. The average molecular weight is 302 g/mol. The zero-order valence-electron chi connectivity index (χ0n) is 13.2. The molecule has 0 bridgehead atoms. The molecule has 23 heavy (non-hydrogen) atoms. The number of benzene rings is 3. The van der Waals surface area contributed by atoms with E-state index in [2.05, 4.69) is 35.6 Å². The first-order valence-electron chi connectivity index (χ1n) is 7.85. The van der Waals surface area contributed by atoms with Gasteiger partial charge in [0, 0.05) is 16.6 Å². The minimum atomic E-state index is 0.154. The van der Waals surface area contributed by atoms with Gasteiger partial charge in [0.25, 0.3) is 0 Å². The van der Waals surface area contributed by atoms with Gasteiger partial charge < -0.3 is 10.1 Å². The molecule has 1 aliphatic heterocycles. The first kappa shape index (κ1) is 13.8. The molecule has 1 aliphatic rings. The first-order valence-corrected chi connectivity index (χ1v) is 7.85. The summed E-state index contributed by atoms with van der Waals surface area (Å²) in [5.41, 5.74) is 3.12. The second kappa shape index (κ2) is 5.43. The van der Waals surface area contributed by atoms with Crippen molar-refractivity contribution in [3.05, 3.63) is 66.2 Å². The van der Waals surface area contributed by atoms with Crippen molar-refractivity contribution >= 4 is 28.0 Å². The molecule has 0 saturated heterocycles. The molecule has 3 aromatic carbocycles. The summed E-state index contributed by atoms with van der Waals surface area (Å²) in [6.07, 6.45) is 0.154. The van der Waals surface area contributed by atoms with E-state index >= 15 is 0 Å². The van der Waals surface area contributed by atoms with Crippen molar-refractivity contribution in [2.24, 2.45) is 4.99 Å². The van der Waals surface area contributed by atoms with E-state index in [4.69, 9.17) is 9.73 Å². The molecule has 0 aliphatic carbocycles. The van der Waals surface area contributed by atoms with E-state index in [9.17, 15) is 0 Å². The Kier molecular flexibility index (Phi) is 3.27. The summed E-state index contributed by atoms with van der Waals surface area (Å²) in [4.78, 5) is 4.80. The van der Waals surface area contributed by atoms with Gasteiger partial charge in [0.05, 0.1) is 11.8 Å². The molecular weight excluding hydrogens is 284 g/mol. The number of hydrogen-bond donors (Lipinski definition) is 1. The van der Waals surface area contributed by atoms with Crippen LogP contribution in [0.2, 0.25) is 0 Å². The lowest BCUT2D eigenvalue weighted by Crippen LogP contribution is -2.16. The lowest BCUT2D eigenvalue weighted by Gasteiger charge is -2.19. The maximum absolute atomic E-state index is 5.79. The van der Waals surface area contributed by atoms with Crippen molar-refractivity contribution in [1.82, 2.24) is 0 Å². The Balaban J connectivity index is 1.79. The molecule has 0 atom stereocenters. The molecule has 0 amide bonds. The number of hydrogen-bond acceptors (Lipinski definition) is 3. The molecule has 0 aromatic heterocycles. The Morgan fingerprint density at radius 3 is 2.57 bits per heavy atom. The monoisotopic (exact) mass is 302 g/mol. The van der Waals surface area contributed by atoms with Crippen molar-refractivity contribution in [3.63, 3.8) is 0 Å². The van der Waals surface area contributed by atoms with E-state index in [0.29, 0.717) is 0 Å². The van der Waals surface area contributed by atoms with Gasteiger partial charge in [0.2, 0.25) is 0 Å². The van der Waals surface area contributed by atoms with Crippen LogP contribution in [0.4, 0.5) is 11.4 Å². The SMILES string of the molecule is CC(C)Oc1cccc(C2=Nc3cccc4cccc(c34)N2)c1. The van der Waals surface area contributed by atoms with Gasteiger partial charge in [-0.15, -0.1) is 0 Å². The number of nitrogens with zero attached hydrogens (tertiary/aromatic N) is 1. The number of ether oxygens (including phenoxy) is 1. The highest BCUT2D eigenvalue weighted by molar-refractivity contribution is 6.19. The molecule has 1 N–H and O–H groups in total. The summed E-state index contributed by atoms with van der Waals surface area (Å²) in [5.74, 6) is 1.71. The number of aliphatic imine (C=N–C) groups is 1. The summed E-state index contributed by atoms with van der Waals surface area (Å²) in [5, 5.41) is 5.83. The predicted octanol–water partition coefficient (Wildman–Crippen LogP) is 5.13. The molecule has 3 aromatic rings. The predicted molar refractivity (Wildman–Crippen MR) is 96.0 cm³/mol. The van der Waals surface area contributed by atoms with Crippen molar-refractivity contribution in [2.75, 3.05) is 5.32 Å². The summed E-state index contributed by atoms with van der Waals surface area (Å²) in [6.45, 7) is 4.06. The summed E-state index contributed by atoms with van der Waals surface area (Å²) in [7, 11) is 0. The third-order valence-corrected chi connectivity index (χ3v) is 3.85. The third kappa shape index (κ3) is 2.55. The van der Waals surface area contributed by atoms with E-state index in [1.807, 2.05) is 44.2 Å². The van der Waals surface area contributed by atoms with Crippen LogP contribution in [0.5, 0.6) is 5.75 Å². The fourth-order valence-electron chi connectivity index (χ4n) is 2.92.